The molecule has 2 atom stereocenters. The number of morpholine rings is 1. The Labute approximate surface area is 251 Å². The number of aliphatic hydroxyl groups excluding tert-OH is 1. The zero-order valence-electron chi connectivity index (χ0n) is 24.5. The maximum Gasteiger partial charge on any atom is 0.295 e. The number of amides is 1. The molecule has 2 fully saturated rings. The van der Waals surface area contributed by atoms with Gasteiger partial charge < -0.3 is 29.0 Å². The normalized spacial score (nSPS) is 21.5. The van der Waals surface area contributed by atoms with Crippen LogP contribution in [0.5, 0.6) is 17.2 Å². The van der Waals surface area contributed by atoms with Crippen LogP contribution in [0.25, 0.3) is 5.76 Å². The molecule has 0 radical (unpaired) electrons. The van der Waals surface area contributed by atoms with Crippen molar-refractivity contribution < 1.29 is 33.6 Å². The lowest BCUT2D eigenvalue weighted by molar-refractivity contribution is -0.140. The molecule has 43 heavy (non-hydrogen) atoms. The Balaban J connectivity index is 1.36. The van der Waals surface area contributed by atoms with Crippen LogP contribution in [0.4, 0.5) is 0 Å². The van der Waals surface area contributed by atoms with E-state index in [0.717, 1.165) is 30.0 Å². The van der Waals surface area contributed by atoms with Gasteiger partial charge in [0.25, 0.3) is 11.7 Å². The van der Waals surface area contributed by atoms with Gasteiger partial charge >= 0.3 is 0 Å². The van der Waals surface area contributed by atoms with Gasteiger partial charge in [0.2, 0.25) is 0 Å². The number of benzene rings is 3. The third-order valence-corrected chi connectivity index (χ3v) is 8.21. The molecule has 0 aliphatic carbocycles. The number of methoxy groups -OCH3 is 1. The average molecular weight is 585 g/mol. The smallest absolute Gasteiger partial charge is 0.295 e. The Hall–Kier alpha value is -4.34. The standard InChI is InChI=1S/C34H36N2O7/c1-22-18-26-19-25(9-10-27(26)43-22)32(37)30-31(36(34(39)33(30)38)13-12-35-14-16-41-17-15-35)24-8-11-28(29(20-24)40-2)42-21-23-6-4-3-5-7-23/h3-11,19-20,22,31,37H,12-18,21H2,1-2H3/t22-,31-/m1/s1. The minimum absolute atomic E-state index is 0.0354. The molecule has 9 heteroatoms. The third-order valence-electron chi connectivity index (χ3n) is 8.21. The number of carbonyl (C=O) groups is 2. The summed E-state index contributed by atoms with van der Waals surface area (Å²) in [5.41, 5.74) is 3.14. The third kappa shape index (κ3) is 5.96. The number of hydrogen-bond donors (Lipinski definition) is 1. The topological polar surface area (TPSA) is 97.8 Å². The van der Waals surface area contributed by atoms with Crippen LogP contribution in [0.1, 0.15) is 35.2 Å². The fourth-order valence-electron chi connectivity index (χ4n) is 5.96. The van der Waals surface area contributed by atoms with Gasteiger partial charge in [-0.15, -0.1) is 0 Å². The number of carbonyl (C=O) groups excluding carboxylic acids is 2. The lowest BCUT2D eigenvalue weighted by Gasteiger charge is -2.31. The van der Waals surface area contributed by atoms with Crippen molar-refractivity contribution in [2.24, 2.45) is 0 Å². The Bertz CT molecular complexity index is 1530. The van der Waals surface area contributed by atoms with Crippen LogP contribution in [0.3, 0.4) is 0 Å². The van der Waals surface area contributed by atoms with Crippen LogP contribution in [-0.4, -0.2) is 79.2 Å². The van der Waals surface area contributed by atoms with Crippen LogP contribution in [0.2, 0.25) is 0 Å². The summed E-state index contributed by atoms with van der Waals surface area (Å²) in [7, 11) is 1.55. The Morgan fingerprint density at radius 3 is 2.53 bits per heavy atom. The van der Waals surface area contributed by atoms with Crippen molar-refractivity contribution in [1.82, 2.24) is 9.80 Å². The molecule has 0 spiro atoms. The zero-order chi connectivity index (χ0) is 29.9. The van der Waals surface area contributed by atoms with E-state index in [1.54, 1.807) is 36.3 Å². The fourth-order valence-corrected chi connectivity index (χ4v) is 5.96. The van der Waals surface area contributed by atoms with Gasteiger partial charge in [0.05, 0.1) is 31.9 Å². The summed E-state index contributed by atoms with van der Waals surface area (Å²) in [6, 6.07) is 19.8. The first-order valence-electron chi connectivity index (χ1n) is 14.7. The van der Waals surface area contributed by atoms with Gasteiger partial charge in [-0.2, -0.15) is 0 Å². The lowest BCUT2D eigenvalue weighted by Crippen LogP contribution is -2.42. The molecule has 6 rings (SSSR count). The predicted molar refractivity (Wildman–Crippen MR) is 160 cm³/mol. The number of ketones is 1. The first kappa shape index (κ1) is 28.8. The lowest BCUT2D eigenvalue weighted by atomic mass is 9.94. The number of likely N-dealkylation sites (tertiary alicyclic amines) is 1. The quantitative estimate of drug-likeness (QED) is 0.225. The Kier molecular flexibility index (Phi) is 8.35. The van der Waals surface area contributed by atoms with Gasteiger partial charge in [-0.25, -0.2) is 0 Å². The first-order valence-corrected chi connectivity index (χ1v) is 14.7. The van der Waals surface area contributed by atoms with Crippen molar-refractivity contribution in [1.29, 1.82) is 0 Å². The molecule has 0 unspecified atom stereocenters. The SMILES string of the molecule is COc1cc([C@@H]2C(=C(O)c3ccc4c(c3)C[C@@H](C)O4)C(=O)C(=O)N2CCN2CCOCC2)ccc1OCc1ccccc1. The van der Waals surface area contributed by atoms with E-state index in [1.165, 1.54) is 0 Å². The summed E-state index contributed by atoms with van der Waals surface area (Å²) in [6.45, 7) is 6.01. The maximum atomic E-state index is 13.6. The molecule has 3 aromatic rings. The molecule has 224 valence electrons. The molecule has 0 saturated carbocycles. The molecule has 1 amide bonds. The van der Waals surface area contributed by atoms with Gasteiger partial charge in [0, 0.05) is 38.2 Å². The van der Waals surface area contributed by atoms with Crippen molar-refractivity contribution in [3.63, 3.8) is 0 Å². The minimum Gasteiger partial charge on any atom is -0.507 e. The second-order valence-corrected chi connectivity index (χ2v) is 11.1. The van der Waals surface area contributed by atoms with Crippen LogP contribution in [0.15, 0.2) is 72.3 Å². The monoisotopic (exact) mass is 584 g/mol. The van der Waals surface area contributed by atoms with Crippen LogP contribution >= 0.6 is 0 Å². The number of nitrogens with zero attached hydrogens (tertiary/aromatic N) is 2. The average Bonchev–Trinajstić information content (AvgIpc) is 3.54. The Morgan fingerprint density at radius 2 is 1.77 bits per heavy atom. The fraction of sp³-hybridized carbons (Fsp3) is 0.353. The van der Waals surface area contributed by atoms with E-state index in [2.05, 4.69) is 4.90 Å². The largest absolute Gasteiger partial charge is 0.507 e. The van der Waals surface area contributed by atoms with Gasteiger partial charge in [0.15, 0.2) is 11.5 Å². The highest BCUT2D eigenvalue weighted by atomic mass is 16.5. The Morgan fingerprint density at radius 1 is 0.977 bits per heavy atom. The number of fused-ring (bicyclic) bond motifs is 1. The van der Waals surface area contributed by atoms with Gasteiger partial charge in [-0.3, -0.25) is 14.5 Å². The van der Waals surface area contributed by atoms with E-state index in [-0.39, 0.29) is 17.4 Å². The van der Waals surface area contributed by atoms with Crippen molar-refractivity contribution in [3.05, 3.63) is 94.6 Å². The molecule has 1 N–H and O–H groups in total. The molecule has 3 heterocycles. The number of aliphatic hydroxyl groups is 1. The van der Waals surface area contributed by atoms with E-state index in [0.29, 0.717) is 62.0 Å². The highest BCUT2D eigenvalue weighted by molar-refractivity contribution is 6.46. The van der Waals surface area contributed by atoms with Crippen molar-refractivity contribution >= 4 is 17.4 Å². The van der Waals surface area contributed by atoms with Crippen LogP contribution < -0.4 is 14.2 Å². The van der Waals surface area contributed by atoms with Gasteiger partial charge in [-0.05, 0) is 53.9 Å². The highest BCUT2D eigenvalue weighted by Crippen LogP contribution is 2.43. The minimum atomic E-state index is -0.804. The number of rotatable bonds is 9. The molecule has 9 nitrogen and oxygen atoms in total. The molecular weight excluding hydrogens is 548 g/mol. The summed E-state index contributed by atoms with van der Waals surface area (Å²) in [5, 5.41) is 11.6. The summed E-state index contributed by atoms with van der Waals surface area (Å²) < 4.78 is 23.0. The van der Waals surface area contributed by atoms with Gasteiger partial charge in [0.1, 0.15) is 24.2 Å². The van der Waals surface area contributed by atoms with Crippen LogP contribution in [0, 0.1) is 0 Å². The molecule has 3 aliphatic rings. The molecule has 0 bridgehead atoms. The molecule has 3 aromatic carbocycles. The number of Topliss-reactive ketones (excluding diaryl/α,β-unsaturated/α-hetero) is 1. The van der Waals surface area contributed by atoms with E-state index in [1.807, 2.05) is 49.4 Å². The second-order valence-electron chi connectivity index (χ2n) is 11.1. The van der Waals surface area contributed by atoms with E-state index >= 15 is 0 Å². The predicted octanol–water partition coefficient (Wildman–Crippen LogP) is 4.35. The highest BCUT2D eigenvalue weighted by Gasteiger charge is 2.46. The summed E-state index contributed by atoms with van der Waals surface area (Å²) in [4.78, 5) is 30.9. The van der Waals surface area contributed by atoms with Crippen molar-refractivity contribution in [2.75, 3.05) is 46.5 Å². The first-order chi connectivity index (χ1) is 20.9. The van der Waals surface area contributed by atoms with E-state index < -0.39 is 17.7 Å². The summed E-state index contributed by atoms with van der Waals surface area (Å²) in [5.74, 6) is 0.216. The zero-order valence-corrected chi connectivity index (χ0v) is 24.5. The number of ether oxygens (including phenoxy) is 4. The van der Waals surface area contributed by atoms with Gasteiger partial charge in [-0.1, -0.05) is 36.4 Å². The van der Waals surface area contributed by atoms with E-state index in [9.17, 15) is 14.7 Å². The van der Waals surface area contributed by atoms with Crippen molar-refractivity contribution in [3.8, 4) is 17.2 Å². The molecular formula is C34H36N2O7. The summed E-state index contributed by atoms with van der Waals surface area (Å²) >= 11 is 0. The van der Waals surface area contributed by atoms with Crippen molar-refractivity contribution in [2.45, 2.75) is 32.1 Å². The van der Waals surface area contributed by atoms with E-state index in [4.69, 9.17) is 18.9 Å². The molecule has 3 aliphatic heterocycles. The van der Waals surface area contributed by atoms with Crippen LogP contribution in [-0.2, 0) is 27.4 Å². The molecule has 0 aromatic heterocycles. The molecule has 2 saturated heterocycles. The maximum absolute atomic E-state index is 13.6. The second kappa shape index (κ2) is 12.5. The summed E-state index contributed by atoms with van der Waals surface area (Å²) in [6.07, 6.45) is 0.739. The number of hydrogen-bond acceptors (Lipinski definition) is 8.